The van der Waals surface area contributed by atoms with Crippen molar-refractivity contribution in [3.63, 3.8) is 0 Å². The minimum atomic E-state index is -0.218. The van der Waals surface area contributed by atoms with E-state index < -0.39 is 0 Å². The largest absolute Gasteiger partial charge is 0.392 e. The van der Waals surface area contributed by atoms with Crippen molar-refractivity contribution in [1.29, 1.82) is 0 Å². The first-order valence-corrected chi connectivity index (χ1v) is 6.54. The number of rotatable bonds is 9. The molecule has 0 spiro atoms. The molecule has 3 nitrogen and oxygen atoms in total. The van der Waals surface area contributed by atoms with Gasteiger partial charge in [0.2, 0.25) is 0 Å². The molecule has 3 heteroatoms. The molecule has 0 fully saturated rings. The Morgan fingerprint density at radius 1 is 1.12 bits per heavy atom. The molecule has 1 unspecified atom stereocenters. The third kappa shape index (κ3) is 12.0. The molecule has 0 aliphatic heterocycles. The van der Waals surface area contributed by atoms with Crippen molar-refractivity contribution in [2.24, 2.45) is 11.1 Å². The van der Waals surface area contributed by atoms with E-state index in [0.717, 1.165) is 25.9 Å². The summed E-state index contributed by atoms with van der Waals surface area (Å²) in [5.41, 5.74) is 5.63. The van der Waals surface area contributed by atoms with Crippen LogP contribution in [0.1, 0.15) is 52.9 Å². The summed E-state index contributed by atoms with van der Waals surface area (Å²) >= 11 is 0. The molecule has 0 aliphatic carbocycles. The lowest BCUT2D eigenvalue weighted by molar-refractivity contribution is 0.120. The fourth-order valence-electron chi connectivity index (χ4n) is 1.80. The quantitative estimate of drug-likeness (QED) is 0.530. The van der Waals surface area contributed by atoms with Gasteiger partial charge in [-0.15, -0.1) is 0 Å². The summed E-state index contributed by atoms with van der Waals surface area (Å²) in [6, 6.07) is 0. The molecule has 0 radical (unpaired) electrons. The lowest BCUT2D eigenvalue weighted by atomic mass is 9.89. The van der Waals surface area contributed by atoms with Crippen LogP contribution in [0.15, 0.2) is 0 Å². The molecule has 0 aliphatic rings. The van der Waals surface area contributed by atoms with Gasteiger partial charge in [-0.3, -0.25) is 0 Å². The van der Waals surface area contributed by atoms with Gasteiger partial charge in [-0.25, -0.2) is 0 Å². The molecule has 0 aromatic heterocycles. The van der Waals surface area contributed by atoms with Crippen molar-refractivity contribution in [2.75, 3.05) is 19.6 Å². The van der Waals surface area contributed by atoms with Crippen LogP contribution in [0.2, 0.25) is 0 Å². The van der Waals surface area contributed by atoms with Crippen LogP contribution in [-0.4, -0.2) is 30.8 Å². The van der Waals surface area contributed by atoms with Crippen molar-refractivity contribution in [1.82, 2.24) is 5.32 Å². The molecular formula is C13H30N2O. The van der Waals surface area contributed by atoms with Crippen LogP contribution in [0.25, 0.3) is 0 Å². The Kier molecular flexibility index (Phi) is 8.90. The molecule has 0 heterocycles. The zero-order valence-electron chi connectivity index (χ0n) is 11.3. The molecule has 16 heavy (non-hydrogen) atoms. The Hall–Kier alpha value is -0.120. The Balaban J connectivity index is 3.25. The van der Waals surface area contributed by atoms with Gasteiger partial charge in [-0.1, -0.05) is 33.6 Å². The fourth-order valence-corrected chi connectivity index (χ4v) is 1.80. The van der Waals surface area contributed by atoms with E-state index in [1.54, 1.807) is 0 Å². The Morgan fingerprint density at radius 3 is 2.31 bits per heavy atom. The number of nitrogens with two attached hydrogens (primary N) is 1. The second kappa shape index (κ2) is 8.97. The van der Waals surface area contributed by atoms with E-state index in [1.807, 2.05) is 0 Å². The van der Waals surface area contributed by atoms with Gasteiger partial charge in [0.15, 0.2) is 0 Å². The smallest absolute Gasteiger partial charge is 0.0669 e. The maximum atomic E-state index is 9.75. The normalized spacial score (nSPS) is 14.1. The SMILES string of the molecule is CC(C)(C)CC(O)CNCCCCCCN. The van der Waals surface area contributed by atoms with E-state index in [0.29, 0.717) is 6.54 Å². The predicted molar refractivity (Wildman–Crippen MR) is 70.5 cm³/mol. The first kappa shape index (κ1) is 15.9. The van der Waals surface area contributed by atoms with E-state index in [-0.39, 0.29) is 11.5 Å². The predicted octanol–water partition coefficient (Wildman–Crippen LogP) is 1.89. The molecule has 0 saturated carbocycles. The van der Waals surface area contributed by atoms with Gasteiger partial charge < -0.3 is 16.2 Å². The maximum Gasteiger partial charge on any atom is 0.0669 e. The number of hydrogen-bond donors (Lipinski definition) is 3. The average Bonchev–Trinajstić information content (AvgIpc) is 2.13. The van der Waals surface area contributed by atoms with Gasteiger partial charge >= 0.3 is 0 Å². The number of hydrogen-bond acceptors (Lipinski definition) is 3. The molecule has 1 atom stereocenters. The molecule has 4 N–H and O–H groups in total. The van der Waals surface area contributed by atoms with E-state index in [4.69, 9.17) is 5.73 Å². The Bertz CT molecular complexity index is 155. The van der Waals surface area contributed by atoms with Crippen molar-refractivity contribution in [3.8, 4) is 0 Å². The van der Waals surface area contributed by atoms with Crippen LogP contribution < -0.4 is 11.1 Å². The monoisotopic (exact) mass is 230 g/mol. The molecule has 0 aromatic rings. The summed E-state index contributed by atoms with van der Waals surface area (Å²) in [6.45, 7) is 8.99. The fraction of sp³-hybridized carbons (Fsp3) is 1.00. The minimum absolute atomic E-state index is 0.211. The minimum Gasteiger partial charge on any atom is -0.392 e. The zero-order valence-corrected chi connectivity index (χ0v) is 11.3. The van der Waals surface area contributed by atoms with Crippen LogP contribution in [-0.2, 0) is 0 Å². The highest BCUT2D eigenvalue weighted by molar-refractivity contribution is 4.69. The maximum absolute atomic E-state index is 9.75. The number of aliphatic hydroxyl groups excluding tert-OH is 1. The highest BCUT2D eigenvalue weighted by atomic mass is 16.3. The summed E-state index contributed by atoms with van der Waals surface area (Å²) in [5.74, 6) is 0. The topological polar surface area (TPSA) is 58.3 Å². The van der Waals surface area contributed by atoms with E-state index in [9.17, 15) is 5.11 Å². The van der Waals surface area contributed by atoms with Gasteiger partial charge in [-0.2, -0.15) is 0 Å². The second-order valence-electron chi connectivity index (χ2n) is 5.83. The highest BCUT2D eigenvalue weighted by Crippen LogP contribution is 2.20. The van der Waals surface area contributed by atoms with Crippen LogP contribution in [0, 0.1) is 5.41 Å². The van der Waals surface area contributed by atoms with E-state index >= 15 is 0 Å². The summed E-state index contributed by atoms with van der Waals surface area (Å²) in [4.78, 5) is 0. The summed E-state index contributed by atoms with van der Waals surface area (Å²) < 4.78 is 0. The Labute approximate surface area is 101 Å². The van der Waals surface area contributed by atoms with E-state index in [2.05, 4.69) is 26.1 Å². The van der Waals surface area contributed by atoms with Gasteiger partial charge in [0.25, 0.3) is 0 Å². The molecule has 0 aromatic carbocycles. The first-order chi connectivity index (χ1) is 7.45. The molecule has 98 valence electrons. The van der Waals surface area contributed by atoms with Gasteiger partial charge in [-0.05, 0) is 37.8 Å². The van der Waals surface area contributed by atoms with Gasteiger partial charge in [0.05, 0.1) is 6.10 Å². The van der Waals surface area contributed by atoms with Gasteiger partial charge in [0, 0.05) is 6.54 Å². The average molecular weight is 230 g/mol. The summed E-state index contributed by atoms with van der Waals surface area (Å²) in [7, 11) is 0. The van der Waals surface area contributed by atoms with Crippen molar-refractivity contribution >= 4 is 0 Å². The van der Waals surface area contributed by atoms with Gasteiger partial charge in [0.1, 0.15) is 0 Å². The van der Waals surface area contributed by atoms with Crippen molar-refractivity contribution in [3.05, 3.63) is 0 Å². The van der Waals surface area contributed by atoms with Crippen molar-refractivity contribution in [2.45, 2.75) is 59.0 Å². The molecule has 0 saturated heterocycles. The molecule has 0 rings (SSSR count). The first-order valence-electron chi connectivity index (χ1n) is 6.54. The zero-order chi connectivity index (χ0) is 12.4. The van der Waals surface area contributed by atoms with Crippen LogP contribution in [0.3, 0.4) is 0 Å². The summed E-state index contributed by atoms with van der Waals surface area (Å²) in [5, 5.41) is 13.0. The Morgan fingerprint density at radius 2 is 1.75 bits per heavy atom. The third-order valence-corrected chi connectivity index (χ3v) is 2.54. The van der Waals surface area contributed by atoms with Crippen LogP contribution >= 0.6 is 0 Å². The van der Waals surface area contributed by atoms with Crippen LogP contribution in [0.5, 0.6) is 0 Å². The standard InChI is InChI=1S/C13H30N2O/c1-13(2,3)10-12(16)11-15-9-7-5-4-6-8-14/h12,15-16H,4-11,14H2,1-3H3. The van der Waals surface area contributed by atoms with Crippen LogP contribution in [0.4, 0.5) is 0 Å². The second-order valence-corrected chi connectivity index (χ2v) is 5.83. The highest BCUT2D eigenvalue weighted by Gasteiger charge is 2.15. The molecule has 0 amide bonds. The third-order valence-electron chi connectivity index (χ3n) is 2.54. The lowest BCUT2D eigenvalue weighted by Gasteiger charge is -2.22. The number of nitrogens with one attached hydrogen (secondary N) is 1. The number of unbranched alkanes of at least 4 members (excludes halogenated alkanes) is 3. The van der Waals surface area contributed by atoms with E-state index in [1.165, 1.54) is 19.3 Å². The lowest BCUT2D eigenvalue weighted by Crippen LogP contribution is -2.30. The van der Waals surface area contributed by atoms with Crippen molar-refractivity contribution < 1.29 is 5.11 Å². The summed E-state index contributed by atoms with van der Waals surface area (Å²) in [6.07, 6.45) is 5.41. The number of aliphatic hydroxyl groups is 1. The molecular weight excluding hydrogens is 200 g/mol. The molecule has 0 bridgehead atoms.